The molecule has 1 aromatic heterocycles. The molecule has 37 heavy (non-hydrogen) atoms. The number of nitrogens with zero attached hydrogens (tertiary/aromatic N) is 2. The summed E-state index contributed by atoms with van der Waals surface area (Å²) in [6, 6.07) is 18.6. The minimum Gasteiger partial charge on any atom is -0.407 e. The average molecular weight is 502 g/mol. The Bertz CT molecular complexity index is 1420. The van der Waals surface area contributed by atoms with E-state index in [1.54, 1.807) is 36.4 Å². The third kappa shape index (κ3) is 5.28. The highest BCUT2D eigenvalue weighted by molar-refractivity contribution is 5.93. The van der Waals surface area contributed by atoms with E-state index in [4.69, 9.17) is 4.74 Å². The number of esters is 1. The molecule has 3 aromatic carbocycles. The van der Waals surface area contributed by atoms with Gasteiger partial charge in [-0.15, -0.1) is 0 Å². The molecular formula is C29H25F2N3O3. The Morgan fingerprint density at radius 2 is 1.43 bits per heavy atom. The summed E-state index contributed by atoms with van der Waals surface area (Å²) in [7, 11) is 0. The summed E-state index contributed by atoms with van der Waals surface area (Å²) in [5, 5.41) is 7.66. The van der Waals surface area contributed by atoms with Crippen LogP contribution in [0.3, 0.4) is 0 Å². The van der Waals surface area contributed by atoms with Gasteiger partial charge >= 0.3 is 5.97 Å². The second kappa shape index (κ2) is 10.3. The monoisotopic (exact) mass is 501 g/mol. The lowest BCUT2D eigenvalue weighted by Crippen LogP contribution is -2.20. The number of amides is 1. The van der Waals surface area contributed by atoms with Gasteiger partial charge in [0.25, 0.3) is 0 Å². The van der Waals surface area contributed by atoms with E-state index in [2.05, 4.69) is 10.4 Å². The second-order valence-corrected chi connectivity index (χ2v) is 9.07. The van der Waals surface area contributed by atoms with E-state index in [1.807, 2.05) is 0 Å². The fourth-order valence-electron chi connectivity index (χ4n) is 4.61. The van der Waals surface area contributed by atoms with Crippen molar-refractivity contribution in [1.29, 1.82) is 0 Å². The minimum atomic E-state index is -0.560. The highest BCUT2D eigenvalue weighted by Crippen LogP contribution is 2.41. The first kappa shape index (κ1) is 24.4. The van der Waals surface area contributed by atoms with Crippen molar-refractivity contribution in [2.45, 2.75) is 32.6 Å². The lowest BCUT2D eigenvalue weighted by molar-refractivity contribution is -0.132. The number of hydrogen-bond donors (Lipinski definition) is 1. The van der Waals surface area contributed by atoms with Crippen molar-refractivity contribution in [2.24, 2.45) is 5.92 Å². The van der Waals surface area contributed by atoms with Crippen molar-refractivity contribution in [1.82, 2.24) is 9.78 Å². The first-order chi connectivity index (χ1) is 17.9. The molecule has 0 unspecified atom stereocenters. The van der Waals surface area contributed by atoms with E-state index >= 15 is 0 Å². The predicted molar refractivity (Wildman–Crippen MR) is 136 cm³/mol. The van der Waals surface area contributed by atoms with E-state index in [-0.39, 0.29) is 17.7 Å². The van der Waals surface area contributed by atoms with Crippen LogP contribution in [-0.2, 0) is 9.59 Å². The van der Waals surface area contributed by atoms with Crippen molar-refractivity contribution in [3.63, 3.8) is 0 Å². The Morgan fingerprint density at radius 1 is 0.865 bits per heavy atom. The van der Waals surface area contributed by atoms with Crippen molar-refractivity contribution in [2.75, 3.05) is 5.32 Å². The summed E-state index contributed by atoms with van der Waals surface area (Å²) in [6.07, 6.45) is 3.94. The number of nitrogens with one attached hydrogen (secondary N) is 1. The van der Waals surface area contributed by atoms with E-state index < -0.39 is 17.6 Å². The first-order valence-electron chi connectivity index (χ1n) is 12.1. The van der Waals surface area contributed by atoms with Crippen LogP contribution in [0, 0.1) is 17.6 Å². The van der Waals surface area contributed by atoms with Crippen molar-refractivity contribution >= 4 is 17.6 Å². The number of benzene rings is 3. The van der Waals surface area contributed by atoms with Gasteiger partial charge in [-0.05, 0) is 79.1 Å². The summed E-state index contributed by atoms with van der Waals surface area (Å²) in [5.41, 5.74) is 3.35. The third-order valence-electron chi connectivity index (χ3n) is 6.44. The molecule has 0 spiro atoms. The molecule has 1 heterocycles. The fraction of sp³-hybridized carbons (Fsp3) is 0.207. The molecule has 0 aliphatic heterocycles. The lowest BCUT2D eigenvalue weighted by Gasteiger charge is -2.12. The largest absolute Gasteiger partial charge is 0.407 e. The molecule has 1 saturated carbocycles. The van der Waals surface area contributed by atoms with Gasteiger partial charge in [0.15, 0.2) is 0 Å². The Kier molecular flexibility index (Phi) is 6.81. The average Bonchev–Trinajstić information content (AvgIpc) is 3.55. The quantitative estimate of drug-likeness (QED) is 0.305. The highest BCUT2D eigenvalue weighted by atomic mass is 19.1. The number of anilines is 1. The number of hydrogen-bond acceptors (Lipinski definition) is 4. The van der Waals surface area contributed by atoms with E-state index in [1.165, 1.54) is 48.0 Å². The van der Waals surface area contributed by atoms with Crippen LogP contribution in [0.5, 0.6) is 5.88 Å². The van der Waals surface area contributed by atoms with Gasteiger partial charge in [-0.2, -0.15) is 9.78 Å². The normalized spacial score (nSPS) is 13.5. The maximum Gasteiger partial charge on any atom is 0.309 e. The van der Waals surface area contributed by atoms with Crippen LogP contribution in [0.2, 0.25) is 0 Å². The highest BCUT2D eigenvalue weighted by Gasteiger charge is 2.25. The Hall–Kier alpha value is -4.33. The zero-order chi connectivity index (χ0) is 25.9. The summed E-state index contributed by atoms with van der Waals surface area (Å²) in [4.78, 5) is 24.7. The molecule has 1 fully saturated rings. The minimum absolute atomic E-state index is 0.0157. The van der Waals surface area contributed by atoms with Gasteiger partial charge < -0.3 is 10.1 Å². The molecule has 1 amide bonds. The van der Waals surface area contributed by atoms with E-state index in [0.29, 0.717) is 33.8 Å². The van der Waals surface area contributed by atoms with Crippen molar-refractivity contribution in [3.05, 3.63) is 84.4 Å². The van der Waals surface area contributed by atoms with E-state index in [0.717, 1.165) is 25.7 Å². The van der Waals surface area contributed by atoms with Crippen LogP contribution in [0.1, 0.15) is 32.6 Å². The molecular weight excluding hydrogens is 476 g/mol. The molecule has 5 rings (SSSR count). The second-order valence-electron chi connectivity index (χ2n) is 9.07. The number of rotatable bonds is 6. The SMILES string of the molecule is CC(=O)Oc1c(-c2ccc(NC(=O)C3CCCC3)cc2)c(-c2ccc(F)cc2)nn1-c1ccc(F)cc1. The number of ether oxygens (including phenoxy) is 1. The summed E-state index contributed by atoms with van der Waals surface area (Å²) >= 11 is 0. The van der Waals surface area contributed by atoms with Crippen LogP contribution in [0.4, 0.5) is 14.5 Å². The maximum absolute atomic E-state index is 13.7. The number of aromatic nitrogens is 2. The van der Waals surface area contributed by atoms with Gasteiger partial charge in [-0.3, -0.25) is 9.59 Å². The first-order valence-corrected chi connectivity index (χ1v) is 12.1. The van der Waals surface area contributed by atoms with Gasteiger partial charge in [0.1, 0.15) is 17.3 Å². The fourth-order valence-corrected chi connectivity index (χ4v) is 4.61. The zero-order valence-corrected chi connectivity index (χ0v) is 20.2. The lowest BCUT2D eigenvalue weighted by atomic mass is 10.0. The van der Waals surface area contributed by atoms with Gasteiger partial charge in [0.05, 0.1) is 11.3 Å². The molecule has 0 bridgehead atoms. The van der Waals surface area contributed by atoms with Crippen LogP contribution in [0.25, 0.3) is 28.1 Å². The third-order valence-corrected chi connectivity index (χ3v) is 6.44. The number of halogens is 2. The van der Waals surface area contributed by atoms with Gasteiger partial charge in [-0.1, -0.05) is 25.0 Å². The van der Waals surface area contributed by atoms with E-state index in [9.17, 15) is 18.4 Å². The van der Waals surface area contributed by atoms with Gasteiger partial charge in [0.2, 0.25) is 11.8 Å². The molecule has 6 nitrogen and oxygen atoms in total. The zero-order valence-electron chi connectivity index (χ0n) is 20.2. The van der Waals surface area contributed by atoms with Crippen molar-refractivity contribution in [3.8, 4) is 34.0 Å². The number of carbonyl (C=O) groups excluding carboxylic acids is 2. The van der Waals surface area contributed by atoms with Crippen LogP contribution in [-0.4, -0.2) is 21.7 Å². The Balaban J connectivity index is 1.60. The smallest absolute Gasteiger partial charge is 0.309 e. The molecule has 0 saturated heterocycles. The summed E-state index contributed by atoms with van der Waals surface area (Å²) in [5.74, 6) is -1.18. The van der Waals surface area contributed by atoms with Crippen LogP contribution >= 0.6 is 0 Å². The molecule has 4 aromatic rings. The molecule has 8 heteroatoms. The number of carbonyl (C=O) groups is 2. The molecule has 0 atom stereocenters. The molecule has 1 aliphatic carbocycles. The topological polar surface area (TPSA) is 73.2 Å². The Labute approximate surface area is 212 Å². The standard InChI is InChI=1S/C29H25F2N3O3/c1-18(35)37-29-26(19-8-14-24(15-9-19)32-28(36)21-4-2-3-5-21)27(20-6-10-22(30)11-7-20)33-34(29)25-16-12-23(31)13-17-25/h6-17,21H,2-5H2,1H3,(H,32,36). The molecule has 1 aliphatic rings. The van der Waals surface area contributed by atoms with Crippen molar-refractivity contribution < 1.29 is 23.1 Å². The van der Waals surface area contributed by atoms with Gasteiger partial charge in [0, 0.05) is 24.1 Å². The maximum atomic E-state index is 13.7. The predicted octanol–water partition coefficient (Wildman–Crippen LogP) is 6.54. The van der Waals surface area contributed by atoms with Crippen LogP contribution < -0.4 is 10.1 Å². The molecule has 0 radical (unpaired) electrons. The summed E-state index contributed by atoms with van der Waals surface area (Å²) in [6.45, 7) is 1.28. The molecule has 188 valence electrons. The Morgan fingerprint density at radius 3 is 2.03 bits per heavy atom. The molecule has 1 N–H and O–H groups in total. The summed E-state index contributed by atoms with van der Waals surface area (Å²) < 4.78 is 34.3. The van der Waals surface area contributed by atoms with Gasteiger partial charge in [-0.25, -0.2) is 8.78 Å². The van der Waals surface area contributed by atoms with Crippen LogP contribution in [0.15, 0.2) is 72.8 Å².